The molecule has 26 heavy (non-hydrogen) atoms. The second-order valence-corrected chi connectivity index (χ2v) is 5.92. The monoisotopic (exact) mass is 361 g/mol. The van der Waals surface area contributed by atoms with E-state index in [1.165, 1.54) is 44.3 Å². The number of halogens is 4. The highest BCUT2D eigenvalue weighted by Gasteiger charge is 2.22. The summed E-state index contributed by atoms with van der Waals surface area (Å²) in [5, 5.41) is 9.50. The Morgan fingerprint density at radius 2 is 1.58 bits per heavy atom. The van der Waals surface area contributed by atoms with Gasteiger partial charge in [0.05, 0.1) is 5.69 Å². The van der Waals surface area contributed by atoms with Gasteiger partial charge in [0.1, 0.15) is 23.1 Å². The molecule has 0 spiro atoms. The van der Waals surface area contributed by atoms with Gasteiger partial charge in [-0.15, -0.1) is 0 Å². The Kier molecular flexibility index (Phi) is 4.59. The first-order valence-electron chi connectivity index (χ1n) is 7.76. The van der Waals surface area contributed by atoms with Crippen LogP contribution in [0.5, 0.6) is 5.75 Å². The van der Waals surface area contributed by atoms with Crippen LogP contribution in [0, 0.1) is 30.2 Å². The Labute approximate surface area is 147 Å². The molecule has 0 atom stereocenters. The van der Waals surface area contributed by atoms with Gasteiger partial charge in [-0.1, -0.05) is 12.1 Å². The SMILES string of the molecule is Cc1cc(-c2cccc(F)c2)cc(N(C)c2c(F)ccc(O)c2F)c1F. The molecule has 3 aromatic carbocycles. The van der Waals surface area contributed by atoms with Crippen LogP contribution in [0.3, 0.4) is 0 Å². The van der Waals surface area contributed by atoms with Gasteiger partial charge in [-0.05, 0) is 60.0 Å². The van der Waals surface area contributed by atoms with Crippen LogP contribution in [0.1, 0.15) is 5.56 Å². The van der Waals surface area contributed by atoms with E-state index in [0.29, 0.717) is 11.1 Å². The Morgan fingerprint density at radius 3 is 2.27 bits per heavy atom. The van der Waals surface area contributed by atoms with Crippen LogP contribution in [0.15, 0.2) is 48.5 Å². The summed E-state index contributed by atoms with van der Waals surface area (Å²) < 4.78 is 56.5. The van der Waals surface area contributed by atoms with E-state index in [4.69, 9.17) is 0 Å². The Hall–Kier alpha value is -3.02. The quantitative estimate of drug-likeness (QED) is 0.606. The third-order valence-electron chi connectivity index (χ3n) is 4.14. The van der Waals surface area contributed by atoms with Gasteiger partial charge in [0.15, 0.2) is 11.6 Å². The Balaban J connectivity index is 2.18. The summed E-state index contributed by atoms with van der Waals surface area (Å²) in [6.07, 6.45) is 0. The molecule has 0 saturated carbocycles. The maximum Gasteiger partial charge on any atom is 0.191 e. The molecule has 0 amide bonds. The summed E-state index contributed by atoms with van der Waals surface area (Å²) in [5.41, 5.74) is 0.535. The van der Waals surface area contributed by atoms with Crippen molar-refractivity contribution < 1.29 is 22.7 Å². The lowest BCUT2D eigenvalue weighted by Crippen LogP contribution is -2.15. The van der Waals surface area contributed by atoms with E-state index in [1.807, 2.05) is 0 Å². The van der Waals surface area contributed by atoms with Gasteiger partial charge in [-0.3, -0.25) is 0 Å². The largest absolute Gasteiger partial charge is 0.505 e. The van der Waals surface area contributed by atoms with Gasteiger partial charge in [0.2, 0.25) is 0 Å². The van der Waals surface area contributed by atoms with Crippen molar-refractivity contribution in [3.8, 4) is 16.9 Å². The zero-order chi connectivity index (χ0) is 19.0. The Bertz CT molecular complexity index is 988. The fourth-order valence-electron chi connectivity index (χ4n) is 2.79. The topological polar surface area (TPSA) is 23.5 Å². The number of phenolic OH excluding ortho intramolecular Hbond substituents is 1. The third-order valence-corrected chi connectivity index (χ3v) is 4.14. The lowest BCUT2D eigenvalue weighted by molar-refractivity contribution is 0.428. The summed E-state index contributed by atoms with van der Waals surface area (Å²) in [6.45, 7) is 1.50. The summed E-state index contributed by atoms with van der Waals surface area (Å²) >= 11 is 0. The average Bonchev–Trinajstić information content (AvgIpc) is 2.60. The van der Waals surface area contributed by atoms with Crippen molar-refractivity contribution in [1.82, 2.24) is 0 Å². The molecule has 0 aliphatic heterocycles. The van der Waals surface area contributed by atoms with Crippen LogP contribution < -0.4 is 4.90 Å². The average molecular weight is 361 g/mol. The molecule has 0 radical (unpaired) electrons. The molecule has 0 bridgehead atoms. The maximum absolute atomic E-state index is 14.7. The minimum atomic E-state index is -1.19. The van der Waals surface area contributed by atoms with Crippen molar-refractivity contribution in [3.05, 3.63) is 77.4 Å². The molecule has 6 heteroatoms. The van der Waals surface area contributed by atoms with E-state index in [9.17, 15) is 22.7 Å². The summed E-state index contributed by atoms with van der Waals surface area (Å²) in [6, 6.07) is 10.4. The number of benzene rings is 3. The molecule has 3 aromatic rings. The number of hydrogen-bond acceptors (Lipinski definition) is 2. The first-order chi connectivity index (χ1) is 12.3. The van der Waals surface area contributed by atoms with Crippen LogP contribution in [-0.2, 0) is 0 Å². The van der Waals surface area contributed by atoms with Crippen LogP contribution in [0.25, 0.3) is 11.1 Å². The van der Waals surface area contributed by atoms with Crippen LogP contribution in [0.2, 0.25) is 0 Å². The van der Waals surface area contributed by atoms with Crippen molar-refractivity contribution in [2.45, 2.75) is 6.92 Å². The maximum atomic E-state index is 14.7. The predicted octanol–water partition coefficient (Wildman–Crippen LogP) is 5.69. The van der Waals surface area contributed by atoms with Crippen LogP contribution in [0.4, 0.5) is 28.9 Å². The standard InChI is InChI=1S/C20H15F4NO/c1-11-8-13(12-4-3-5-14(21)9-12)10-16(18(11)23)25(2)20-15(22)6-7-17(26)19(20)24/h3-10,26H,1-2H3. The number of anilines is 2. The van der Waals surface area contributed by atoms with E-state index >= 15 is 0 Å². The molecule has 0 unspecified atom stereocenters. The summed E-state index contributed by atoms with van der Waals surface area (Å²) in [7, 11) is 1.29. The molecule has 0 fully saturated rings. The van der Waals surface area contributed by atoms with E-state index in [0.717, 1.165) is 17.0 Å². The molecule has 2 nitrogen and oxygen atoms in total. The molecular formula is C20H15F4NO. The molecular weight excluding hydrogens is 346 g/mol. The van der Waals surface area contributed by atoms with E-state index in [2.05, 4.69) is 0 Å². The van der Waals surface area contributed by atoms with E-state index in [1.54, 1.807) is 6.07 Å². The van der Waals surface area contributed by atoms with Gasteiger partial charge in [0.25, 0.3) is 0 Å². The second kappa shape index (κ2) is 6.71. The van der Waals surface area contributed by atoms with Gasteiger partial charge < -0.3 is 10.0 Å². The number of hydrogen-bond donors (Lipinski definition) is 1. The van der Waals surface area contributed by atoms with Gasteiger partial charge in [-0.2, -0.15) is 0 Å². The van der Waals surface area contributed by atoms with Crippen molar-refractivity contribution >= 4 is 11.4 Å². The number of phenols is 1. The van der Waals surface area contributed by atoms with Crippen molar-refractivity contribution in [2.24, 2.45) is 0 Å². The molecule has 3 rings (SSSR count). The van der Waals surface area contributed by atoms with Crippen molar-refractivity contribution in [2.75, 3.05) is 11.9 Å². The molecule has 0 saturated heterocycles. The fourth-order valence-corrected chi connectivity index (χ4v) is 2.79. The van der Waals surface area contributed by atoms with Gasteiger partial charge in [0, 0.05) is 7.05 Å². The zero-order valence-electron chi connectivity index (χ0n) is 14.0. The minimum Gasteiger partial charge on any atom is -0.505 e. The van der Waals surface area contributed by atoms with Crippen LogP contribution >= 0.6 is 0 Å². The summed E-state index contributed by atoms with van der Waals surface area (Å²) in [4.78, 5) is 0.982. The molecule has 0 aromatic heterocycles. The van der Waals surface area contributed by atoms with Gasteiger partial charge >= 0.3 is 0 Å². The normalized spacial score (nSPS) is 10.8. The third kappa shape index (κ3) is 3.10. The first-order valence-corrected chi connectivity index (χ1v) is 7.76. The highest BCUT2D eigenvalue weighted by atomic mass is 19.1. The Morgan fingerprint density at radius 1 is 0.846 bits per heavy atom. The number of rotatable bonds is 3. The molecule has 0 aliphatic carbocycles. The summed E-state index contributed by atoms with van der Waals surface area (Å²) in [5.74, 6) is -4.01. The fraction of sp³-hybridized carbons (Fsp3) is 0.100. The molecule has 0 heterocycles. The lowest BCUT2D eigenvalue weighted by atomic mass is 10.0. The molecule has 1 N–H and O–H groups in total. The first kappa shape index (κ1) is 17.8. The van der Waals surface area contributed by atoms with E-state index < -0.39 is 34.7 Å². The number of nitrogens with zero attached hydrogens (tertiary/aromatic N) is 1. The zero-order valence-corrected chi connectivity index (χ0v) is 14.0. The highest BCUT2D eigenvalue weighted by molar-refractivity contribution is 5.74. The minimum absolute atomic E-state index is 0.104. The molecule has 0 aliphatic rings. The van der Waals surface area contributed by atoms with Crippen LogP contribution in [-0.4, -0.2) is 12.2 Å². The highest BCUT2D eigenvalue weighted by Crippen LogP contribution is 2.37. The smallest absolute Gasteiger partial charge is 0.191 e. The number of aromatic hydroxyl groups is 1. The second-order valence-electron chi connectivity index (χ2n) is 5.92. The molecule has 134 valence electrons. The van der Waals surface area contributed by atoms with E-state index in [-0.39, 0.29) is 11.3 Å². The van der Waals surface area contributed by atoms with Gasteiger partial charge in [-0.25, -0.2) is 17.6 Å². The van der Waals surface area contributed by atoms with Crippen molar-refractivity contribution in [3.63, 3.8) is 0 Å². The van der Waals surface area contributed by atoms with Crippen molar-refractivity contribution in [1.29, 1.82) is 0 Å². The predicted molar refractivity (Wildman–Crippen MR) is 92.6 cm³/mol. The number of aryl methyl sites for hydroxylation is 1. The lowest BCUT2D eigenvalue weighted by Gasteiger charge is -2.23.